The summed E-state index contributed by atoms with van der Waals surface area (Å²) >= 11 is 0. The lowest BCUT2D eigenvalue weighted by atomic mass is 9.86. The van der Waals surface area contributed by atoms with Crippen molar-refractivity contribution in [3.8, 4) is 5.75 Å². The first-order valence-electron chi connectivity index (χ1n) is 11.1. The van der Waals surface area contributed by atoms with Crippen LogP contribution in [0.1, 0.15) is 64.5 Å². The van der Waals surface area contributed by atoms with Gasteiger partial charge in [-0.1, -0.05) is 32.0 Å². The average Bonchev–Trinajstić information content (AvgIpc) is 3.13. The smallest absolute Gasteiger partial charge is 0.191 e. The fourth-order valence-corrected chi connectivity index (χ4v) is 4.25. The van der Waals surface area contributed by atoms with E-state index in [1.165, 1.54) is 18.4 Å². The molecule has 2 unspecified atom stereocenters. The van der Waals surface area contributed by atoms with Crippen LogP contribution in [0.4, 0.5) is 0 Å². The predicted molar refractivity (Wildman–Crippen MR) is 116 cm³/mol. The molecule has 3 rings (SSSR count). The molecule has 1 aromatic rings. The minimum Gasteiger partial charge on any atom is -0.487 e. The molecule has 29 heavy (non-hydrogen) atoms. The van der Waals surface area contributed by atoms with Crippen LogP contribution in [0, 0.1) is 5.92 Å². The first kappa shape index (κ1) is 21.9. The molecule has 0 saturated heterocycles. The van der Waals surface area contributed by atoms with Crippen molar-refractivity contribution in [1.82, 2.24) is 10.6 Å². The van der Waals surface area contributed by atoms with Crippen LogP contribution in [0.15, 0.2) is 29.3 Å². The lowest BCUT2D eigenvalue weighted by Gasteiger charge is -2.40. The van der Waals surface area contributed by atoms with Crippen molar-refractivity contribution < 1.29 is 14.6 Å². The second-order valence-corrected chi connectivity index (χ2v) is 8.74. The highest BCUT2D eigenvalue weighted by atomic mass is 16.5. The Hall–Kier alpha value is -1.79. The molecule has 1 heterocycles. The molecule has 0 aromatic heterocycles. The molecule has 3 N–H and O–H groups in total. The van der Waals surface area contributed by atoms with Crippen molar-refractivity contribution in [2.24, 2.45) is 10.9 Å². The molecular weight excluding hydrogens is 366 g/mol. The molecule has 1 spiro atoms. The summed E-state index contributed by atoms with van der Waals surface area (Å²) in [6.45, 7) is 8.28. The Morgan fingerprint density at radius 3 is 2.76 bits per heavy atom. The Balaban J connectivity index is 1.67. The number of nitrogens with one attached hydrogen (secondary N) is 2. The van der Waals surface area contributed by atoms with E-state index in [1.54, 1.807) is 0 Å². The van der Waals surface area contributed by atoms with Gasteiger partial charge in [-0.25, -0.2) is 0 Å². The molecule has 0 amide bonds. The van der Waals surface area contributed by atoms with Gasteiger partial charge in [-0.3, -0.25) is 4.99 Å². The minimum atomic E-state index is -0.604. The van der Waals surface area contributed by atoms with Crippen LogP contribution < -0.4 is 15.4 Å². The van der Waals surface area contributed by atoms with Crippen LogP contribution in [0.5, 0.6) is 5.75 Å². The summed E-state index contributed by atoms with van der Waals surface area (Å²) in [6, 6.07) is 8.45. The van der Waals surface area contributed by atoms with Gasteiger partial charge in [0.15, 0.2) is 5.96 Å². The first-order valence-corrected chi connectivity index (χ1v) is 11.1. The van der Waals surface area contributed by atoms with E-state index in [4.69, 9.17) is 9.47 Å². The summed E-state index contributed by atoms with van der Waals surface area (Å²) in [5, 5.41) is 17.1. The Kier molecular flexibility index (Phi) is 7.78. The van der Waals surface area contributed by atoms with Gasteiger partial charge in [0.1, 0.15) is 11.4 Å². The highest BCUT2D eigenvalue weighted by Gasteiger charge is 2.43. The summed E-state index contributed by atoms with van der Waals surface area (Å²) in [6.07, 6.45) is 5.01. The molecule has 1 saturated carbocycles. The number of aliphatic hydroxyl groups is 1. The quantitative estimate of drug-likeness (QED) is 0.458. The van der Waals surface area contributed by atoms with E-state index in [1.807, 2.05) is 6.07 Å². The topological polar surface area (TPSA) is 75.1 Å². The van der Waals surface area contributed by atoms with E-state index >= 15 is 0 Å². The highest BCUT2D eigenvalue weighted by Crippen LogP contribution is 2.46. The van der Waals surface area contributed by atoms with E-state index in [2.05, 4.69) is 54.6 Å². The second-order valence-electron chi connectivity index (χ2n) is 8.74. The van der Waals surface area contributed by atoms with Crippen LogP contribution in [-0.4, -0.2) is 49.1 Å². The van der Waals surface area contributed by atoms with E-state index in [0.29, 0.717) is 25.7 Å². The van der Waals surface area contributed by atoms with Crippen molar-refractivity contribution in [2.45, 2.75) is 70.6 Å². The number of hydrogen-bond acceptors (Lipinski definition) is 4. The summed E-state index contributed by atoms with van der Waals surface area (Å²) < 4.78 is 12.0. The third kappa shape index (κ3) is 6.09. The Morgan fingerprint density at radius 2 is 2.03 bits per heavy atom. The summed E-state index contributed by atoms with van der Waals surface area (Å²) in [7, 11) is 0. The van der Waals surface area contributed by atoms with E-state index in [-0.39, 0.29) is 11.6 Å². The lowest BCUT2D eigenvalue weighted by Crippen LogP contribution is -2.47. The van der Waals surface area contributed by atoms with Crippen molar-refractivity contribution >= 4 is 5.96 Å². The SMILES string of the molecule is CCNC(=NCC(O)COCC(C)C)NC1CC2(CCCC2)Oc2ccccc21. The van der Waals surface area contributed by atoms with Crippen LogP contribution in [-0.2, 0) is 4.74 Å². The monoisotopic (exact) mass is 403 g/mol. The summed E-state index contributed by atoms with van der Waals surface area (Å²) in [5.74, 6) is 2.17. The van der Waals surface area contributed by atoms with E-state index in [0.717, 1.165) is 37.5 Å². The summed E-state index contributed by atoms with van der Waals surface area (Å²) in [5.41, 5.74) is 1.12. The Bertz CT molecular complexity index is 671. The number of aliphatic imine (C=N–C) groups is 1. The number of ether oxygens (including phenoxy) is 2. The summed E-state index contributed by atoms with van der Waals surface area (Å²) in [4.78, 5) is 4.62. The molecule has 6 nitrogen and oxygen atoms in total. The van der Waals surface area contributed by atoms with Crippen LogP contribution >= 0.6 is 0 Å². The molecule has 1 aliphatic heterocycles. The van der Waals surface area contributed by atoms with Crippen LogP contribution in [0.3, 0.4) is 0 Å². The van der Waals surface area contributed by atoms with Gasteiger partial charge in [0.2, 0.25) is 0 Å². The molecule has 0 radical (unpaired) electrons. The van der Waals surface area contributed by atoms with Gasteiger partial charge in [0, 0.05) is 25.1 Å². The number of aliphatic hydroxyl groups excluding tert-OH is 1. The number of guanidine groups is 1. The maximum Gasteiger partial charge on any atom is 0.191 e. The Labute approximate surface area is 175 Å². The number of rotatable bonds is 8. The number of fused-ring (bicyclic) bond motifs is 1. The van der Waals surface area contributed by atoms with Crippen molar-refractivity contribution in [3.63, 3.8) is 0 Å². The lowest BCUT2D eigenvalue weighted by molar-refractivity contribution is 0.0300. The standard InChI is InChI=1S/C23H37N3O3/c1-4-24-22(25-14-18(27)16-28-15-17(2)3)26-20-13-23(11-7-8-12-23)29-21-10-6-5-9-19(20)21/h5-6,9-10,17-18,20,27H,4,7-8,11-16H2,1-3H3,(H2,24,25,26). The molecule has 0 bridgehead atoms. The average molecular weight is 404 g/mol. The zero-order valence-electron chi connectivity index (χ0n) is 18.1. The van der Waals surface area contributed by atoms with Crippen LogP contribution in [0.2, 0.25) is 0 Å². The van der Waals surface area contributed by atoms with Crippen molar-refractivity contribution in [1.29, 1.82) is 0 Å². The zero-order chi connectivity index (χ0) is 20.7. The molecule has 2 atom stereocenters. The third-order valence-corrected chi connectivity index (χ3v) is 5.59. The van der Waals surface area contributed by atoms with E-state index < -0.39 is 6.10 Å². The number of benzene rings is 1. The predicted octanol–water partition coefficient (Wildman–Crippen LogP) is 3.41. The van der Waals surface area contributed by atoms with Gasteiger partial charge < -0.3 is 25.2 Å². The van der Waals surface area contributed by atoms with Gasteiger partial charge >= 0.3 is 0 Å². The van der Waals surface area contributed by atoms with Crippen molar-refractivity contribution in [3.05, 3.63) is 29.8 Å². The van der Waals surface area contributed by atoms with Gasteiger partial charge in [0.25, 0.3) is 0 Å². The second kappa shape index (κ2) is 10.3. The highest BCUT2D eigenvalue weighted by molar-refractivity contribution is 5.80. The fraction of sp³-hybridized carbons (Fsp3) is 0.696. The number of para-hydroxylation sites is 1. The molecule has 1 aromatic carbocycles. The molecule has 1 fully saturated rings. The molecular formula is C23H37N3O3. The Morgan fingerprint density at radius 1 is 1.28 bits per heavy atom. The van der Waals surface area contributed by atoms with Gasteiger partial charge in [-0.05, 0) is 44.6 Å². The van der Waals surface area contributed by atoms with Gasteiger partial charge in [-0.2, -0.15) is 0 Å². The molecule has 2 aliphatic rings. The van der Waals surface area contributed by atoms with E-state index in [9.17, 15) is 5.11 Å². The number of nitrogens with zero attached hydrogens (tertiary/aromatic N) is 1. The van der Waals surface area contributed by atoms with Gasteiger partial charge in [0.05, 0.1) is 25.3 Å². The molecule has 6 heteroatoms. The van der Waals surface area contributed by atoms with Crippen molar-refractivity contribution in [2.75, 3.05) is 26.3 Å². The number of hydrogen-bond donors (Lipinski definition) is 3. The normalized spacial score (nSPS) is 21.7. The maximum absolute atomic E-state index is 10.2. The molecule has 1 aliphatic carbocycles. The largest absolute Gasteiger partial charge is 0.487 e. The van der Waals surface area contributed by atoms with Crippen LogP contribution in [0.25, 0.3) is 0 Å². The fourth-order valence-electron chi connectivity index (χ4n) is 4.25. The molecule has 162 valence electrons. The first-order chi connectivity index (χ1) is 14.0. The third-order valence-electron chi connectivity index (χ3n) is 5.59. The zero-order valence-corrected chi connectivity index (χ0v) is 18.1. The maximum atomic E-state index is 10.2. The van der Waals surface area contributed by atoms with Gasteiger partial charge in [-0.15, -0.1) is 0 Å². The minimum absolute atomic E-state index is 0.0620.